The predicted molar refractivity (Wildman–Crippen MR) is 115 cm³/mol. The van der Waals surface area contributed by atoms with Gasteiger partial charge in [0.15, 0.2) is 0 Å². The second kappa shape index (κ2) is 10.3. The quantitative estimate of drug-likeness (QED) is 0.751. The van der Waals surface area contributed by atoms with E-state index in [2.05, 4.69) is 21.2 Å². The monoisotopic (exact) mass is 418 g/mol. The maximum Gasteiger partial charge on any atom is 0.317 e. The van der Waals surface area contributed by atoms with Gasteiger partial charge in [0.25, 0.3) is 0 Å². The van der Waals surface area contributed by atoms with E-state index in [0.717, 1.165) is 70.5 Å². The molecular weight excluding hydrogens is 384 g/mol. The summed E-state index contributed by atoms with van der Waals surface area (Å²) in [6.07, 6.45) is 1.06. The molecule has 3 heterocycles. The number of para-hydroxylation sites is 2. The van der Waals surface area contributed by atoms with Crippen LogP contribution in [0.1, 0.15) is 6.42 Å². The van der Waals surface area contributed by atoms with E-state index in [1.807, 2.05) is 23.1 Å². The zero-order valence-corrected chi connectivity index (χ0v) is 17.9. The molecule has 2 amide bonds. The number of ether oxygens (including phenoxy) is 3. The Morgan fingerprint density at radius 2 is 1.87 bits per heavy atom. The first-order valence-electron chi connectivity index (χ1n) is 11.1. The standard InChI is InChI=1S/C22H34N4O4/c1-28-21-5-3-2-4-19(21)24-7-9-26(10-8-24)22(27)23-16-20(18-6-13-30-17-18)25-11-14-29-15-12-25/h2-5,18,20H,6-17H2,1H3,(H,23,27). The van der Waals surface area contributed by atoms with Gasteiger partial charge in [-0.05, 0) is 18.6 Å². The fourth-order valence-electron chi connectivity index (χ4n) is 4.70. The molecule has 0 spiro atoms. The Morgan fingerprint density at radius 3 is 2.57 bits per heavy atom. The summed E-state index contributed by atoms with van der Waals surface area (Å²) in [4.78, 5) is 19.5. The second-order valence-electron chi connectivity index (χ2n) is 8.17. The third-order valence-corrected chi connectivity index (χ3v) is 6.48. The fourth-order valence-corrected chi connectivity index (χ4v) is 4.70. The lowest BCUT2D eigenvalue weighted by atomic mass is 9.97. The Hall–Kier alpha value is -2.03. The number of hydrogen-bond donors (Lipinski definition) is 1. The van der Waals surface area contributed by atoms with Crippen molar-refractivity contribution in [2.75, 3.05) is 84.3 Å². The van der Waals surface area contributed by atoms with Crippen molar-refractivity contribution in [3.05, 3.63) is 24.3 Å². The van der Waals surface area contributed by atoms with Crippen molar-refractivity contribution in [2.24, 2.45) is 5.92 Å². The molecule has 3 fully saturated rings. The lowest BCUT2D eigenvalue weighted by Gasteiger charge is -2.39. The van der Waals surface area contributed by atoms with E-state index in [1.54, 1.807) is 7.11 Å². The number of anilines is 1. The predicted octanol–water partition coefficient (Wildman–Crippen LogP) is 1.26. The average Bonchev–Trinajstić information content (AvgIpc) is 3.34. The van der Waals surface area contributed by atoms with Gasteiger partial charge in [-0.3, -0.25) is 4.90 Å². The largest absolute Gasteiger partial charge is 0.495 e. The number of carbonyl (C=O) groups is 1. The average molecular weight is 419 g/mol. The molecule has 0 aliphatic carbocycles. The van der Waals surface area contributed by atoms with E-state index in [9.17, 15) is 4.79 Å². The van der Waals surface area contributed by atoms with Crippen molar-refractivity contribution in [1.29, 1.82) is 0 Å². The lowest BCUT2D eigenvalue weighted by Crippen LogP contribution is -2.56. The zero-order chi connectivity index (χ0) is 20.8. The maximum atomic E-state index is 12.9. The van der Waals surface area contributed by atoms with Crippen LogP contribution in [-0.2, 0) is 9.47 Å². The van der Waals surface area contributed by atoms with Gasteiger partial charge in [-0.2, -0.15) is 0 Å². The second-order valence-corrected chi connectivity index (χ2v) is 8.17. The third kappa shape index (κ3) is 4.99. The highest BCUT2D eigenvalue weighted by molar-refractivity contribution is 5.74. The summed E-state index contributed by atoms with van der Waals surface area (Å²) in [6, 6.07) is 8.40. The van der Waals surface area contributed by atoms with Gasteiger partial charge < -0.3 is 29.3 Å². The van der Waals surface area contributed by atoms with Crippen LogP contribution in [0.15, 0.2) is 24.3 Å². The van der Waals surface area contributed by atoms with Crippen LogP contribution < -0.4 is 15.0 Å². The summed E-state index contributed by atoms with van der Waals surface area (Å²) >= 11 is 0. The molecule has 2 atom stereocenters. The zero-order valence-electron chi connectivity index (χ0n) is 17.9. The summed E-state index contributed by atoms with van der Waals surface area (Å²) < 4.78 is 16.6. The van der Waals surface area contributed by atoms with Crippen LogP contribution in [0.2, 0.25) is 0 Å². The van der Waals surface area contributed by atoms with E-state index >= 15 is 0 Å². The molecule has 0 bridgehead atoms. The van der Waals surface area contributed by atoms with Gasteiger partial charge in [0, 0.05) is 64.4 Å². The molecule has 2 unspecified atom stereocenters. The minimum atomic E-state index is 0.0341. The van der Waals surface area contributed by atoms with Crippen molar-refractivity contribution >= 4 is 11.7 Å². The van der Waals surface area contributed by atoms with Crippen molar-refractivity contribution < 1.29 is 19.0 Å². The van der Waals surface area contributed by atoms with E-state index < -0.39 is 0 Å². The highest BCUT2D eigenvalue weighted by atomic mass is 16.5. The Morgan fingerprint density at radius 1 is 1.10 bits per heavy atom. The number of nitrogens with zero attached hydrogens (tertiary/aromatic N) is 3. The van der Waals surface area contributed by atoms with Crippen molar-refractivity contribution in [3.8, 4) is 5.75 Å². The normalized spacial score (nSPS) is 24.0. The smallest absolute Gasteiger partial charge is 0.317 e. The number of carbonyl (C=O) groups excluding carboxylic acids is 1. The molecule has 1 N–H and O–H groups in total. The molecule has 0 saturated carbocycles. The van der Waals surface area contributed by atoms with Gasteiger partial charge in [0.1, 0.15) is 5.75 Å². The number of benzene rings is 1. The Bertz CT molecular complexity index is 683. The van der Waals surface area contributed by atoms with E-state index in [0.29, 0.717) is 31.6 Å². The van der Waals surface area contributed by atoms with Gasteiger partial charge >= 0.3 is 6.03 Å². The van der Waals surface area contributed by atoms with Crippen LogP contribution in [0.5, 0.6) is 5.75 Å². The first-order chi connectivity index (χ1) is 14.8. The minimum absolute atomic E-state index is 0.0341. The van der Waals surface area contributed by atoms with Crippen LogP contribution >= 0.6 is 0 Å². The molecule has 0 radical (unpaired) electrons. The van der Waals surface area contributed by atoms with Crippen molar-refractivity contribution in [2.45, 2.75) is 12.5 Å². The summed E-state index contributed by atoms with van der Waals surface area (Å²) in [5.41, 5.74) is 1.09. The SMILES string of the molecule is COc1ccccc1N1CCN(C(=O)NCC(C2CCOC2)N2CCOCC2)CC1. The number of urea groups is 1. The molecule has 3 aliphatic heterocycles. The van der Waals surface area contributed by atoms with Crippen molar-refractivity contribution in [1.82, 2.24) is 15.1 Å². The Balaban J connectivity index is 1.29. The summed E-state index contributed by atoms with van der Waals surface area (Å²) in [5, 5.41) is 3.21. The molecule has 1 aromatic carbocycles. The van der Waals surface area contributed by atoms with Gasteiger partial charge in [0.2, 0.25) is 0 Å². The molecule has 0 aromatic heterocycles. The summed E-state index contributed by atoms with van der Waals surface area (Å²) in [6.45, 7) is 8.68. The van der Waals surface area contributed by atoms with E-state index in [1.165, 1.54) is 0 Å². The number of hydrogen-bond acceptors (Lipinski definition) is 6. The molecule has 8 heteroatoms. The molecule has 166 valence electrons. The Kier molecular flexibility index (Phi) is 7.30. The van der Waals surface area contributed by atoms with Gasteiger partial charge in [0.05, 0.1) is 32.6 Å². The summed E-state index contributed by atoms with van der Waals surface area (Å²) in [5.74, 6) is 1.35. The highest BCUT2D eigenvalue weighted by Crippen LogP contribution is 2.28. The molecule has 3 saturated heterocycles. The maximum absolute atomic E-state index is 12.9. The summed E-state index contributed by atoms with van der Waals surface area (Å²) in [7, 11) is 1.70. The van der Waals surface area contributed by atoms with Crippen LogP contribution in [0.25, 0.3) is 0 Å². The number of amides is 2. The highest BCUT2D eigenvalue weighted by Gasteiger charge is 2.32. The van der Waals surface area contributed by atoms with Crippen LogP contribution in [0, 0.1) is 5.92 Å². The number of rotatable bonds is 6. The molecular formula is C22H34N4O4. The van der Waals surface area contributed by atoms with Crippen LogP contribution in [0.4, 0.5) is 10.5 Å². The third-order valence-electron chi connectivity index (χ3n) is 6.48. The number of piperazine rings is 1. The molecule has 30 heavy (non-hydrogen) atoms. The van der Waals surface area contributed by atoms with E-state index in [-0.39, 0.29) is 6.03 Å². The van der Waals surface area contributed by atoms with Gasteiger partial charge in [-0.25, -0.2) is 4.79 Å². The molecule has 1 aromatic rings. The number of methoxy groups -OCH3 is 1. The van der Waals surface area contributed by atoms with Gasteiger partial charge in [-0.15, -0.1) is 0 Å². The minimum Gasteiger partial charge on any atom is -0.495 e. The Labute approximate surface area is 179 Å². The number of morpholine rings is 1. The van der Waals surface area contributed by atoms with Gasteiger partial charge in [-0.1, -0.05) is 12.1 Å². The van der Waals surface area contributed by atoms with Crippen LogP contribution in [-0.4, -0.2) is 101 Å². The molecule has 8 nitrogen and oxygen atoms in total. The van der Waals surface area contributed by atoms with Crippen LogP contribution in [0.3, 0.4) is 0 Å². The molecule has 4 rings (SSSR count). The first kappa shape index (κ1) is 21.2. The topological polar surface area (TPSA) is 66.5 Å². The first-order valence-corrected chi connectivity index (χ1v) is 11.1. The van der Waals surface area contributed by atoms with Crippen molar-refractivity contribution in [3.63, 3.8) is 0 Å². The number of nitrogens with one attached hydrogen (secondary N) is 1. The lowest BCUT2D eigenvalue weighted by molar-refractivity contribution is 0.00185. The van der Waals surface area contributed by atoms with E-state index in [4.69, 9.17) is 14.2 Å². The fraction of sp³-hybridized carbons (Fsp3) is 0.682. The molecule has 3 aliphatic rings.